The molecule has 134 valence electrons. The van der Waals surface area contributed by atoms with Gasteiger partial charge in [-0.3, -0.25) is 9.52 Å². The average molecular weight is 370 g/mol. The number of carbonyl (C=O) groups is 1. The Hall–Kier alpha value is -3.13. The summed E-state index contributed by atoms with van der Waals surface area (Å²) in [5.74, 6) is -0.369. The van der Waals surface area contributed by atoms with Crippen molar-refractivity contribution in [1.82, 2.24) is 15.1 Å². The smallest absolute Gasteiger partial charge is 0.265 e. The molecule has 3 rings (SSSR count). The van der Waals surface area contributed by atoms with E-state index in [9.17, 15) is 13.2 Å². The highest BCUT2D eigenvalue weighted by molar-refractivity contribution is 7.92. The molecule has 0 unspecified atom stereocenters. The van der Waals surface area contributed by atoms with Gasteiger partial charge in [0.15, 0.2) is 0 Å². The molecule has 0 atom stereocenters. The van der Waals surface area contributed by atoms with Crippen LogP contribution >= 0.6 is 0 Å². The van der Waals surface area contributed by atoms with Gasteiger partial charge < -0.3 is 5.32 Å². The molecule has 26 heavy (non-hydrogen) atoms. The molecule has 0 spiro atoms. The van der Waals surface area contributed by atoms with Gasteiger partial charge in [-0.05, 0) is 31.2 Å². The van der Waals surface area contributed by atoms with Crippen LogP contribution in [0.5, 0.6) is 0 Å². The number of rotatable bonds is 5. The second-order valence-electron chi connectivity index (χ2n) is 5.69. The second kappa shape index (κ2) is 7.01. The van der Waals surface area contributed by atoms with Crippen LogP contribution < -0.4 is 10.0 Å². The lowest BCUT2D eigenvalue weighted by Crippen LogP contribution is -2.21. The molecule has 0 saturated carbocycles. The van der Waals surface area contributed by atoms with Crippen molar-refractivity contribution in [3.63, 3.8) is 0 Å². The normalized spacial score (nSPS) is 11.2. The molecule has 0 radical (unpaired) electrons. The molecule has 7 nitrogen and oxygen atoms in total. The first-order valence-electron chi connectivity index (χ1n) is 7.86. The first-order valence-corrected chi connectivity index (χ1v) is 9.34. The maximum absolute atomic E-state index is 12.7. The van der Waals surface area contributed by atoms with Crippen molar-refractivity contribution in [2.24, 2.45) is 0 Å². The molecule has 0 saturated heterocycles. The fraction of sp³-hybridized carbons (Fsp3) is 0.111. The zero-order valence-electron chi connectivity index (χ0n) is 14.3. The van der Waals surface area contributed by atoms with Gasteiger partial charge in [-0.1, -0.05) is 29.8 Å². The monoisotopic (exact) mass is 370 g/mol. The molecular formula is C18H18N4O3S. The predicted molar refractivity (Wildman–Crippen MR) is 98.9 cm³/mol. The highest BCUT2D eigenvalue weighted by Gasteiger charge is 2.20. The van der Waals surface area contributed by atoms with E-state index in [4.69, 9.17) is 0 Å². The average Bonchev–Trinajstić information content (AvgIpc) is 3.14. The third-order valence-electron chi connectivity index (χ3n) is 3.78. The Balaban J connectivity index is 1.93. The number of carbonyl (C=O) groups excluding carboxylic acids is 1. The Morgan fingerprint density at radius 1 is 1.12 bits per heavy atom. The highest BCUT2D eigenvalue weighted by Crippen LogP contribution is 2.22. The molecule has 1 heterocycles. The van der Waals surface area contributed by atoms with Crippen LogP contribution in [-0.2, 0) is 10.0 Å². The number of sulfonamides is 1. The lowest BCUT2D eigenvalue weighted by molar-refractivity contribution is 0.0964. The van der Waals surface area contributed by atoms with Crippen molar-refractivity contribution < 1.29 is 13.2 Å². The van der Waals surface area contributed by atoms with Crippen LogP contribution in [0.1, 0.15) is 15.9 Å². The highest BCUT2D eigenvalue weighted by atomic mass is 32.2. The molecule has 1 aromatic heterocycles. The van der Waals surface area contributed by atoms with Crippen LogP contribution in [0, 0.1) is 6.92 Å². The molecule has 3 aromatic rings. The van der Waals surface area contributed by atoms with Crippen LogP contribution in [0.4, 0.5) is 5.69 Å². The number of aromatic nitrogens is 2. The minimum Gasteiger partial charge on any atom is -0.355 e. The van der Waals surface area contributed by atoms with Crippen LogP contribution in [0.25, 0.3) is 5.69 Å². The van der Waals surface area contributed by atoms with E-state index in [1.165, 1.54) is 24.1 Å². The number of para-hydroxylation sites is 1. The largest absolute Gasteiger partial charge is 0.355 e. The van der Waals surface area contributed by atoms with Crippen LogP contribution in [0.2, 0.25) is 0 Å². The number of hydrogen-bond donors (Lipinski definition) is 2. The van der Waals surface area contributed by atoms with Gasteiger partial charge in [0.05, 0.1) is 29.3 Å². The minimum atomic E-state index is -3.89. The Bertz CT molecular complexity index is 1040. The van der Waals surface area contributed by atoms with E-state index in [1.54, 1.807) is 18.2 Å². The summed E-state index contributed by atoms with van der Waals surface area (Å²) >= 11 is 0. The van der Waals surface area contributed by atoms with E-state index >= 15 is 0 Å². The topological polar surface area (TPSA) is 93.1 Å². The van der Waals surface area contributed by atoms with Crippen molar-refractivity contribution in [1.29, 1.82) is 0 Å². The van der Waals surface area contributed by atoms with Gasteiger partial charge in [-0.15, -0.1) is 0 Å². The maximum atomic E-state index is 12.7. The summed E-state index contributed by atoms with van der Waals surface area (Å²) in [6, 6.07) is 14.1. The summed E-state index contributed by atoms with van der Waals surface area (Å²) < 4.78 is 29.3. The Labute approximate surface area is 151 Å². The van der Waals surface area contributed by atoms with E-state index in [-0.39, 0.29) is 22.1 Å². The fourth-order valence-corrected chi connectivity index (χ4v) is 3.45. The van der Waals surface area contributed by atoms with Crippen LogP contribution in [0.15, 0.2) is 65.8 Å². The van der Waals surface area contributed by atoms with Gasteiger partial charge in [-0.2, -0.15) is 5.10 Å². The second-order valence-corrected chi connectivity index (χ2v) is 7.37. The molecule has 0 aliphatic rings. The molecule has 0 aliphatic carbocycles. The lowest BCUT2D eigenvalue weighted by Gasteiger charge is -2.11. The zero-order valence-corrected chi connectivity index (χ0v) is 15.1. The molecule has 0 aliphatic heterocycles. The number of amides is 1. The van der Waals surface area contributed by atoms with Crippen LogP contribution in [0.3, 0.4) is 0 Å². The zero-order chi connectivity index (χ0) is 18.7. The molecule has 8 heteroatoms. The van der Waals surface area contributed by atoms with Gasteiger partial charge in [0.2, 0.25) is 0 Å². The molecule has 0 fully saturated rings. The summed E-state index contributed by atoms with van der Waals surface area (Å²) in [4.78, 5) is 12.0. The van der Waals surface area contributed by atoms with Gasteiger partial charge in [0, 0.05) is 7.05 Å². The van der Waals surface area contributed by atoms with E-state index in [2.05, 4.69) is 15.1 Å². The van der Waals surface area contributed by atoms with Crippen LogP contribution in [-0.4, -0.2) is 31.2 Å². The van der Waals surface area contributed by atoms with Gasteiger partial charge in [0.1, 0.15) is 4.90 Å². The molecular weight excluding hydrogens is 352 g/mol. The minimum absolute atomic E-state index is 0.00443. The Morgan fingerprint density at radius 3 is 2.54 bits per heavy atom. The van der Waals surface area contributed by atoms with Crippen molar-refractivity contribution >= 4 is 21.6 Å². The summed E-state index contributed by atoms with van der Waals surface area (Å²) in [5, 5.41) is 6.61. The maximum Gasteiger partial charge on any atom is 0.265 e. The molecule has 0 bridgehead atoms. The Morgan fingerprint density at radius 2 is 1.85 bits per heavy atom. The summed E-state index contributed by atoms with van der Waals surface area (Å²) in [6.07, 6.45) is 2.69. The number of nitrogens with one attached hydrogen (secondary N) is 2. The number of benzene rings is 2. The van der Waals surface area contributed by atoms with E-state index in [0.717, 1.165) is 11.3 Å². The van der Waals surface area contributed by atoms with Gasteiger partial charge in [-0.25, -0.2) is 13.1 Å². The van der Waals surface area contributed by atoms with E-state index in [1.807, 2.05) is 37.3 Å². The third-order valence-corrected chi connectivity index (χ3v) is 5.10. The van der Waals surface area contributed by atoms with Crippen molar-refractivity contribution in [3.8, 4) is 5.69 Å². The van der Waals surface area contributed by atoms with Gasteiger partial charge >= 0.3 is 0 Å². The molecule has 2 N–H and O–H groups in total. The number of aryl methyl sites for hydroxylation is 1. The van der Waals surface area contributed by atoms with Crippen molar-refractivity contribution in [2.75, 3.05) is 11.8 Å². The summed E-state index contributed by atoms with van der Waals surface area (Å²) in [7, 11) is -2.40. The van der Waals surface area contributed by atoms with E-state index < -0.39 is 10.0 Å². The SMILES string of the molecule is CNC(=O)c1cc(C)ccc1NS(=O)(=O)c1cnn(-c2ccccc2)c1. The Kier molecular flexibility index (Phi) is 4.77. The number of hydrogen-bond acceptors (Lipinski definition) is 4. The van der Waals surface area contributed by atoms with Crippen molar-refractivity contribution in [2.45, 2.75) is 11.8 Å². The lowest BCUT2D eigenvalue weighted by atomic mass is 10.1. The fourth-order valence-electron chi connectivity index (χ4n) is 2.44. The summed E-state index contributed by atoms with van der Waals surface area (Å²) in [5.41, 5.74) is 2.06. The number of nitrogens with zero attached hydrogens (tertiary/aromatic N) is 2. The summed E-state index contributed by atoms with van der Waals surface area (Å²) in [6.45, 7) is 1.83. The first-order chi connectivity index (χ1) is 12.4. The van der Waals surface area contributed by atoms with E-state index in [0.29, 0.717) is 0 Å². The predicted octanol–water partition coefficient (Wildman–Crippen LogP) is 2.34. The quantitative estimate of drug-likeness (QED) is 0.721. The molecule has 2 aromatic carbocycles. The standard InChI is InChI=1S/C18H18N4O3S/c1-13-8-9-17(16(10-13)18(23)19-2)21-26(24,25)15-11-20-22(12-15)14-6-4-3-5-7-14/h3-12,21H,1-2H3,(H,19,23). The van der Waals surface area contributed by atoms with Crippen molar-refractivity contribution in [3.05, 3.63) is 72.1 Å². The molecule has 1 amide bonds. The third kappa shape index (κ3) is 3.60. The van der Waals surface area contributed by atoms with Gasteiger partial charge in [0.25, 0.3) is 15.9 Å². The number of anilines is 1. The first kappa shape index (κ1) is 17.7.